The number of rotatable bonds is 3. The van der Waals surface area contributed by atoms with Crippen LogP contribution in [0.25, 0.3) is 0 Å². The Labute approximate surface area is 135 Å². The Morgan fingerprint density at radius 3 is 2.23 bits per heavy atom. The molecule has 126 valence electrons. The van der Waals surface area contributed by atoms with E-state index in [1.165, 1.54) is 45.1 Å². The Kier molecular flexibility index (Phi) is 4.67. The van der Waals surface area contributed by atoms with Gasteiger partial charge in [-0.2, -0.15) is 0 Å². The summed E-state index contributed by atoms with van der Waals surface area (Å²) >= 11 is 0. The Hall–Kier alpha value is -0.770. The summed E-state index contributed by atoms with van der Waals surface area (Å²) in [5.74, 6) is 2.21. The van der Waals surface area contributed by atoms with Crippen LogP contribution in [0.2, 0.25) is 0 Å². The molecule has 2 atom stereocenters. The summed E-state index contributed by atoms with van der Waals surface area (Å²) in [4.78, 5) is 14.0. The molecular formula is C18H32N2O2. The van der Waals surface area contributed by atoms with E-state index in [0.717, 1.165) is 19.0 Å². The molecule has 0 bridgehead atoms. The van der Waals surface area contributed by atoms with Crippen molar-refractivity contribution in [3.63, 3.8) is 0 Å². The van der Waals surface area contributed by atoms with Crippen molar-refractivity contribution in [3.05, 3.63) is 0 Å². The number of nitrogens with one attached hydrogen (secondary N) is 1. The summed E-state index contributed by atoms with van der Waals surface area (Å²) in [6.45, 7) is 8.73. The molecule has 2 unspecified atom stereocenters. The van der Waals surface area contributed by atoms with E-state index < -0.39 is 0 Å². The molecule has 0 aromatic carbocycles. The fourth-order valence-corrected chi connectivity index (χ4v) is 4.18. The lowest BCUT2D eigenvalue weighted by Gasteiger charge is -2.26. The first-order valence-corrected chi connectivity index (χ1v) is 9.15. The number of nitrogens with zero attached hydrogens (tertiary/aromatic N) is 1. The molecule has 1 heterocycles. The molecule has 0 aromatic rings. The van der Waals surface area contributed by atoms with Gasteiger partial charge in [-0.25, -0.2) is 4.79 Å². The van der Waals surface area contributed by atoms with Gasteiger partial charge in [-0.3, -0.25) is 0 Å². The fraction of sp³-hybridized carbons (Fsp3) is 0.944. The topological polar surface area (TPSA) is 41.6 Å². The predicted molar refractivity (Wildman–Crippen MR) is 87.8 cm³/mol. The third-order valence-electron chi connectivity index (χ3n) is 5.46. The van der Waals surface area contributed by atoms with Crippen LogP contribution in [0.1, 0.15) is 59.3 Å². The predicted octanol–water partition coefficient (Wildman–Crippen LogP) is 3.41. The van der Waals surface area contributed by atoms with Gasteiger partial charge in [0, 0.05) is 19.1 Å². The second-order valence-electron chi connectivity index (χ2n) is 8.50. The normalized spacial score (nSPS) is 32.5. The zero-order chi connectivity index (χ0) is 15.7. The van der Waals surface area contributed by atoms with Crippen molar-refractivity contribution in [2.45, 2.75) is 70.9 Å². The molecule has 4 heteroatoms. The van der Waals surface area contributed by atoms with Crippen molar-refractivity contribution in [2.24, 2.45) is 17.8 Å². The smallest absolute Gasteiger partial charge is 0.410 e. The number of amides is 1. The van der Waals surface area contributed by atoms with E-state index in [0.29, 0.717) is 17.9 Å². The van der Waals surface area contributed by atoms with Crippen molar-refractivity contribution >= 4 is 6.09 Å². The van der Waals surface area contributed by atoms with Crippen LogP contribution in [-0.2, 0) is 4.74 Å². The number of piperidine rings is 1. The van der Waals surface area contributed by atoms with Crippen molar-refractivity contribution in [2.75, 3.05) is 19.6 Å². The molecule has 3 rings (SSSR count). The third kappa shape index (κ3) is 3.95. The summed E-state index contributed by atoms with van der Waals surface area (Å²) in [7, 11) is 0. The molecule has 0 aromatic heterocycles. The lowest BCUT2D eigenvalue weighted by atomic mass is 10.0. The highest BCUT2D eigenvalue weighted by Gasteiger charge is 2.56. The van der Waals surface area contributed by atoms with E-state index >= 15 is 0 Å². The molecule has 1 aliphatic heterocycles. The molecule has 3 aliphatic rings. The van der Waals surface area contributed by atoms with Crippen molar-refractivity contribution < 1.29 is 9.53 Å². The van der Waals surface area contributed by atoms with Crippen LogP contribution in [-0.4, -0.2) is 42.3 Å². The summed E-state index contributed by atoms with van der Waals surface area (Å²) in [5.41, 5.74) is -0.388. The zero-order valence-electron chi connectivity index (χ0n) is 14.4. The lowest BCUT2D eigenvalue weighted by Crippen LogP contribution is -2.39. The Morgan fingerprint density at radius 2 is 1.68 bits per heavy atom. The minimum absolute atomic E-state index is 0.137. The Morgan fingerprint density at radius 1 is 1.09 bits per heavy atom. The molecule has 0 radical (unpaired) electrons. The van der Waals surface area contributed by atoms with E-state index in [9.17, 15) is 4.79 Å². The van der Waals surface area contributed by atoms with Gasteiger partial charge in [-0.15, -0.1) is 0 Å². The molecule has 3 fully saturated rings. The van der Waals surface area contributed by atoms with Gasteiger partial charge >= 0.3 is 6.09 Å². The van der Waals surface area contributed by atoms with E-state index in [1.54, 1.807) is 0 Å². The number of carbonyl (C=O) groups is 1. The van der Waals surface area contributed by atoms with E-state index in [-0.39, 0.29) is 11.7 Å². The fourth-order valence-electron chi connectivity index (χ4n) is 4.18. The van der Waals surface area contributed by atoms with Gasteiger partial charge in [0.15, 0.2) is 0 Å². The second-order valence-corrected chi connectivity index (χ2v) is 8.50. The molecule has 1 amide bonds. The van der Waals surface area contributed by atoms with Gasteiger partial charge in [0.25, 0.3) is 0 Å². The number of carbonyl (C=O) groups excluding carboxylic acids is 1. The summed E-state index contributed by atoms with van der Waals surface area (Å²) in [6.07, 6.45) is 8.35. The van der Waals surface area contributed by atoms with Crippen LogP contribution in [0.15, 0.2) is 0 Å². The number of fused-ring (bicyclic) bond motifs is 1. The maximum absolute atomic E-state index is 12.1. The van der Waals surface area contributed by atoms with Crippen LogP contribution in [0.4, 0.5) is 4.79 Å². The number of hydrogen-bond acceptors (Lipinski definition) is 3. The van der Waals surface area contributed by atoms with Gasteiger partial charge in [0.2, 0.25) is 0 Å². The Balaban J connectivity index is 1.37. The van der Waals surface area contributed by atoms with Gasteiger partial charge in [-0.05, 0) is 57.9 Å². The minimum atomic E-state index is -0.388. The highest BCUT2D eigenvalue weighted by atomic mass is 16.6. The van der Waals surface area contributed by atoms with Gasteiger partial charge in [-0.1, -0.05) is 25.7 Å². The van der Waals surface area contributed by atoms with E-state index in [1.807, 2.05) is 25.7 Å². The SMILES string of the molecule is CC(C)(C)OC(=O)N1CC2C(C1)C2NCC1CCCCCC1. The molecule has 4 nitrogen and oxygen atoms in total. The van der Waals surface area contributed by atoms with Crippen molar-refractivity contribution in [1.82, 2.24) is 10.2 Å². The largest absolute Gasteiger partial charge is 0.444 e. The average Bonchev–Trinajstić information content (AvgIpc) is 3.00. The zero-order valence-corrected chi connectivity index (χ0v) is 14.4. The quantitative estimate of drug-likeness (QED) is 0.812. The van der Waals surface area contributed by atoms with E-state index in [2.05, 4.69) is 5.32 Å². The first-order valence-electron chi connectivity index (χ1n) is 9.15. The van der Waals surface area contributed by atoms with Crippen LogP contribution in [0.5, 0.6) is 0 Å². The highest BCUT2D eigenvalue weighted by molar-refractivity contribution is 5.69. The first-order chi connectivity index (χ1) is 10.4. The van der Waals surface area contributed by atoms with Crippen LogP contribution < -0.4 is 5.32 Å². The Bertz CT molecular complexity index is 384. The molecule has 2 aliphatic carbocycles. The summed E-state index contributed by atoms with van der Waals surface area (Å²) in [6, 6.07) is 0.655. The molecule has 1 N–H and O–H groups in total. The highest BCUT2D eigenvalue weighted by Crippen LogP contribution is 2.46. The lowest BCUT2D eigenvalue weighted by molar-refractivity contribution is 0.0269. The van der Waals surface area contributed by atoms with Gasteiger partial charge in [0.1, 0.15) is 5.60 Å². The number of ether oxygens (including phenoxy) is 1. The van der Waals surface area contributed by atoms with Crippen LogP contribution >= 0.6 is 0 Å². The average molecular weight is 308 g/mol. The third-order valence-corrected chi connectivity index (χ3v) is 5.46. The standard InChI is InChI=1S/C18H32N2O2/c1-18(2,3)22-17(21)20-11-14-15(12-20)16(14)19-10-13-8-6-4-5-7-9-13/h13-16,19H,4-12H2,1-3H3. The van der Waals surface area contributed by atoms with Crippen molar-refractivity contribution in [3.8, 4) is 0 Å². The maximum atomic E-state index is 12.1. The second kappa shape index (κ2) is 6.38. The van der Waals surface area contributed by atoms with E-state index in [4.69, 9.17) is 4.74 Å². The maximum Gasteiger partial charge on any atom is 0.410 e. The van der Waals surface area contributed by atoms with Crippen LogP contribution in [0.3, 0.4) is 0 Å². The number of likely N-dealkylation sites (tertiary alicyclic amines) is 1. The molecular weight excluding hydrogens is 276 g/mol. The monoisotopic (exact) mass is 308 g/mol. The van der Waals surface area contributed by atoms with Gasteiger partial charge in [0.05, 0.1) is 0 Å². The molecule has 22 heavy (non-hydrogen) atoms. The summed E-state index contributed by atoms with van der Waals surface area (Å²) < 4.78 is 5.46. The first kappa shape index (κ1) is 16.1. The summed E-state index contributed by atoms with van der Waals surface area (Å²) in [5, 5.41) is 3.79. The molecule has 0 spiro atoms. The molecule has 1 saturated heterocycles. The molecule has 2 saturated carbocycles. The van der Waals surface area contributed by atoms with Crippen molar-refractivity contribution in [1.29, 1.82) is 0 Å². The van der Waals surface area contributed by atoms with Crippen LogP contribution in [0, 0.1) is 17.8 Å². The number of hydrogen-bond donors (Lipinski definition) is 1. The van der Waals surface area contributed by atoms with Gasteiger partial charge < -0.3 is 15.0 Å². The minimum Gasteiger partial charge on any atom is -0.444 e.